The van der Waals surface area contributed by atoms with Gasteiger partial charge in [0.25, 0.3) is 11.8 Å². The van der Waals surface area contributed by atoms with Crippen LogP contribution in [0.2, 0.25) is 0 Å². The van der Waals surface area contributed by atoms with Gasteiger partial charge >= 0.3 is 11.9 Å². The highest BCUT2D eigenvalue weighted by Gasteiger charge is 2.35. The zero-order valence-electron chi connectivity index (χ0n) is 29.4. The van der Waals surface area contributed by atoms with Crippen LogP contribution in [0.4, 0.5) is 0 Å². The predicted octanol–water partition coefficient (Wildman–Crippen LogP) is 0.288. The van der Waals surface area contributed by atoms with Crippen molar-refractivity contribution in [3.63, 3.8) is 0 Å². The maximum atomic E-state index is 13.5. The number of aromatic nitrogens is 1. The van der Waals surface area contributed by atoms with E-state index in [9.17, 15) is 24.0 Å². The number of nitrogens with one attached hydrogen (secondary N) is 4. The van der Waals surface area contributed by atoms with Crippen LogP contribution in [0.5, 0.6) is 0 Å². The van der Waals surface area contributed by atoms with Gasteiger partial charge in [-0.25, -0.2) is 14.6 Å². The lowest BCUT2D eigenvalue weighted by molar-refractivity contribution is -0.911. The lowest BCUT2D eigenvalue weighted by Crippen LogP contribution is -2.63. The molecule has 0 spiro atoms. The summed E-state index contributed by atoms with van der Waals surface area (Å²) in [7, 11) is 0. The van der Waals surface area contributed by atoms with Crippen LogP contribution in [0.25, 0.3) is 22.1 Å². The topological polar surface area (TPSA) is 181 Å². The van der Waals surface area contributed by atoms with Gasteiger partial charge in [-0.05, 0) is 52.0 Å². The number of pyridine rings is 1. The smallest absolute Gasteiger partial charge is 0.328 e. The van der Waals surface area contributed by atoms with Crippen LogP contribution in [0.3, 0.4) is 0 Å². The Balaban J connectivity index is 1.61. The van der Waals surface area contributed by atoms with Crippen molar-refractivity contribution in [1.29, 1.82) is 0 Å². The number of nitrogens with zero attached hydrogens (tertiary/aromatic N) is 3. The van der Waals surface area contributed by atoms with Gasteiger partial charge in [-0.2, -0.15) is 0 Å². The van der Waals surface area contributed by atoms with Crippen molar-refractivity contribution in [3.05, 3.63) is 52.3 Å². The minimum atomic E-state index is -0.873. The van der Waals surface area contributed by atoms with Crippen LogP contribution < -0.4 is 26.7 Å². The first-order valence-corrected chi connectivity index (χ1v) is 17.3. The fourth-order valence-electron chi connectivity index (χ4n) is 5.96. The van der Waals surface area contributed by atoms with Gasteiger partial charge in [-0.3, -0.25) is 19.3 Å². The van der Waals surface area contributed by atoms with E-state index in [1.807, 2.05) is 12.1 Å². The molecule has 3 aromatic rings. The number of carbonyl (C=O) groups is 4. The Kier molecular flexibility index (Phi) is 14.2. The van der Waals surface area contributed by atoms with Crippen LogP contribution in [0, 0.1) is 0 Å². The molecule has 15 nitrogen and oxygen atoms in total. The highest BCUT2D eigenvalue weighted by Crippen LogP contribution is 2.18. The number of hydrogen-bond acceptors (Lipinski definition) is 12. The standard InChI is InChI=1S/C35H49N7O8/c1-5-48-34(46)24(3)38-30(43)22-42(23-31(44)39-25(4)35(47)49-6-2)19-16-37-14-13-36-15-17-41(18-20-42)21-26-11-12-29-32(40-26)33(45)27-9-7-8-10-28(27)50-29/h7-12,24-25,36-37H,5-6,13-23H2,1-4H3,(H-,38,39,43,44)/p+1. The Hall–Kier alpha value is -4.44. The highest BCUT2D eigenvalue weighted by molar-refractivity contribution is 5.88. The summed E-state index contributed by atoms with van der Waals surface area (Å²) in [6.07, 6.45) is 0. The number of benzene rings is 1. The Labute approximate surface area is 291 Å². The molecule has 0 saturated carbocycles. The van der Waals surface area contributed by atoms with Gasteiger partial charge < -0.3 is 39.6 Å². The van der Waals surface area contributed by atoms with E-state index in [1.165, 1.54) is 0 Å². The maximum absolute atomic E-state index is 13.5. The van der Waals surface area contributed by atoms with Crippen LogP contribution in [-0.2, 0) is 35.2 Å². The van der Waals surface area contributed by atoms with E-state index in [0.29, 0.717) is 81.1 Å². The normalized spacial score (nSPS) is 19.0. The van der Waals surface area contributed by atoms with Crippen LogP contribution in [0.15, 0.2) is 45.6 Å². The predicted molar refractivity (Wildman–Crippen MR) is 187 cm³/mol. The summed E-state index contributed by atoms with van der Waals surface area (Å²) in [4.78, 5) is 71.8. The SMILES string of the molecule is CCOC(=O)C(C)NC(=O)C[N+]1(CC(=O)NC(C)C(=O)OCC)CCNCCNCCN(Cc2ccc3oc4ccccc4c(=O)c3n2)CC1. The molecule has 3 heterocycles. The van der Waals surface area contributed by atoms with E-state index in [4.69, 9.17) is 18.9 Å². The molecule has 15 heteroatoms. The molecule has 4 rings (SSSR count). The van der Waals surface area contributed by atoms with E-state index in [1.54, 1.807) is 52.0 Å². The number of esters is 2. The van der Waals surface area contributed by atoms with Gasteiger partial charge in [0.15, 0.2) is 24.2 Å². The summed E-state index contributed by atoms with van der Waals surface area (Å²) in [5.74, 6) is -1.92. The largest absolute Gasteiger partial charge is 0.464 e. The van der Waals surface area contributed by atoms with Gasteiger partial charge in [0.05, 0.1) is 37.4 Å². The van der Waals surface area contributed by atoms with E-state index < -0.39 is 35.8 Å². The third kappa shape index (κ3) is 10.8. The molecule has 1 aliphatic rings. The molecule has 50 heavy (non-hydrogen) atoms. The molecule has 0 aliphatic carbocycles. The molecule has 1 aliphatic heterocycles. The van der Waals surface area contributed by atoms with E-state index in [-0.39, 0.29) is 41.7 Å². The number of para-hydroxylation sites is 1. The summed E-state index contributed by atoms with van der Waals surface area (Å²) < 4.78 is 16.1. The molecule has 2 aromatic heterocycles. The van der Waals surface area contributed by atoms with Crippen molar-refractivity contribution >= 4 is 45.8 Å². The Morgan fingerprint density at radius 1 is 0.840 bits per heavy atom. The fraction of sp³-hybridized carbons (Fsp3) is 0.543. The third-order valence-electron chi connectivity index (χ3n) is 8.60. The Morgan fingerprint density at radius 3 is 2.10 bits per heavy atom. The van der Waals surface area contributed by atoms with Crippen molar-refractivity contribution in [3.8, 4) is 0 Å². The first kappa shape index (κ1) is 38.4. The summed E-state index contributed by atoms with van der Waals surface area (Å²) in [6.45, 7) is 11.5. The molecule has 0 bridgehead atoms. The Bertz CT molecular complexity index is 1660. The second kappa shape index (κ2) is 18.5. The van der Waals surface area contributed by atoms with Crippen molar-refractivity contribution in [2.75, 3.05) is 78.7 Å². The molecule has 4 N–H and O–H groups in total. The molecular weight excluding hydrogens is 646 g/mol. The van der Waals surface area contributed by atoms with E-state index in [2.05, 4.69) is 26.2 Å². The van der Waals surface area contributed by atoms with Gasteiger partial charge in [0, 0.05) is 45.8 Å². The number of amides is 2. The number of carbonyl (C=O) groups excluding carboxylic acids is 4. The molecule has 2 amide bonds. The lowest BCUT2D eigenvalue weighted by Gasteiger charge is -2.39. The van der Waals surface area contributed by atoms with Crippen molar-refractivity contribution < 1.29 is 37.6 Å². The number of rotatable bonds is 12. The number of hydrogen-bond donors (Lipinski definition) is 4. The monoisotopic (exact) mass is 696 g/mol. The van der Waals surface area contributed by atoms with E-state index in [0.717, 1.165) is 0 Å². The van der Waals surface area contributed by atoms with Gasteiger partial charge in [-0.1, -0.05) is 12.1 Å². The molecule has 1 saturated heterocycles. The lowest BCUT2D eigenvalue weighted by atomic mass is 10.2. The molecule has 1 aromatic carbocycles. The number of ether oxygens (including phenoxy) is 2. The molecule has 1 fully saturated rings. The Morgan fingerprint density at radius 2 is 1.46 bits per heavy atom. The zero-order chi connectivity index (χ0) is 36.1. The summed E-state index contributed by atoms with van der Waals surface area (Å²) >= 11 is 0. The zero-order valence-corrected chi connectivity index (χ0v) is 29.4. The molecule has 2 unspecified atom stereocenters. The minimum absolute atomic E-state index is 0.0421. The summed E-state index contributed by atoms with van der Waals surface area (Å²) in [6, 6.07) is 8.92. The second-order valence-corrected chi connectivity index (χ2v) is 12.5. The first-order valence-electron chi connectivity index (χ1n) is 17.3. The van der Waals surface area contributed by atoms with Gasteiger partial charge in [-0.15, -0.1) is 0 Å². The second-order valence-electron chi connectivity index (χ2n) is 12.5. The van der Waals surface area contributed by atoms with E-state index >= 15 is 0 Å². The van der Waals surface area contributed by atoms with Gasteiger partial charge in [0.2, 0.25) is 5.43 Å². The van der Waals surface area contributed by atoms with Gasteiger partial charge in [0.1, 0.15) is 17.7 Å². The average Bonchev–Trinajstić information content (AvgIpc) is 3.08. The number of fused-ring (bicyclic) bond motifs is 2. The van der Waals surface area contributed by atoms with Crippen molar-refractivity contribution in [1.82, 2.24) is 31.2 Å². The highest BCUT2D eigenvalue weighted by atomic mass is 16.5. The fourth-order valence-corrected chi connectivity index (χ4v) is 5.96. The van der Waals surface area contributed by atoms with Crippen molar-refractivity contribution in [2.45, 2.75) is 46.3 Å². The van der Waals surface area contributed by atoms with Crippen molar-refractivity contribution in [2.24, 2.45) is 0 Å². The van der Waals surface area contributed by atoms with Crippen LogP contribution >= 0.6 is 0 Å². The van der Waals surface area contributed by atoms with Crippen LogP contribution in [-0.4, -0.2) is 129 Å². The summed E-state index contributed by atoms with van der Waals surface area (Å²) in [5.41, 5.74) is 1.63. The quantitative estimate of drug-likeness (QED) is 0.116. The number of quaternary nitrogens is 1. The first-order chi connectivity index (χ1) is 24.0. The molecule has 272 valence electrons. The maximum Gasteiger partial charge on any atom is 0.328 e. The third-order valence-corrected chi connectivity index (χ3v) is 8.60. The molecule has 2 atom stereocenters. The summed E-state index contributed by atoms with van der Waals surface area (Å²) in [5, 5.41) is 12.7. The average molecular weight is 697 g/mol. The minimum Gasteiger partial charge on any atom is -0.464 e. The molecule has 0 radical (unpaired) electrons. The molecular formula is C35H50N7O8+. The van der Waals surface area contributed by atoms with Crippen LogP contribution in [0.1, 0.15) is 33.4 Å².